The quantitative estimate of drug-likeness (QED) is 0.611. The molecule has 0 spiro atoms. The number of carbonyl (C=O) groups is 2. The predicted octanol–water partition coefficient (Wildman–Crippen LogP) is 2.97. The molecule has 1 unspecified atom stereocenters. The van der Waals surface area contributed by atoms with Gasteiger partial charge in [-0.2, -0.15) is 0 Å². The molecule has 5 nitrogen and oxygen atoms in total. The van der Waals surface area contributed by atoms with Crippen LogP contribution < -0.4 is 5.32 Å². The molecule has 0 saturated carbocycles. The number of esters is 1. The van der Waals surface area contributed by atoms with Crippen molar-refractivity contribution < 1.29 is 14.3 Å². The van der Waals surface area contributed by atoms with Crippen LogP contribution in [0.3, 0.4) is 0 Å². The molecule has 2 rings (SSSR count). The van der Waals surface area contributed by atoms with E-state index in [1.54, 1.807) is 41.7 Å². The third kappa shape index (κ3) is 5.55. The van der Waals surface area contributed by atoms with Crippen LogP contribution in [0.5, 0.6) is 0 Å². The molecule has 1 aromatic heterocycles. The molecule has 1 heterocycles. The normalized spacial score (nSPS) is 12.3. The van der Waals surface area contributed by atoms with Crippen molar-refractivity contribution in [3.05, 3.63) is 63.9 Å². The Morgan fingerprint density at radius 2 is 1.96 bits per heavy atom. The molecule has 0 aliphatic heterocycles. The number of carbonyl (C=O) groups excluding carboxylic acids is 2. The Balaban J connectivity index is 1.91. The van der Waals surface area contributed by atoms with Crippen molar-refractivity contribution in [2.24, 2.45) is 0 Å². The highest BCUT2D eigenvalue weighted by atomic mass is 32.1. The number of ether oxygens (including phenoxy) is 1. The number of rotatable bonds is 7. The van der Waals surface area contributed by atoms with E-state index in [1.807, 2.05) is 25.5 Å². The Kier molecular flexibility index (Phi) is 6.91. The minimum Gasteiger partial charge on any atom is -0.465 e. The highest BCUT2D eigenvalue weighted by Gasteiger charge is 2.15. The van der Waals surface area contributed by atoms with Gasteiger partial charge in [-0.1, -0.05) is 18.2 Å². The lowest BCUT2D eigenvalue weighted by molar-refractivity contribution is -0.116. The first-order chi connectivity index (χ1) is 12.0. The van der Waals surface area contributed by atoms with E-state index >= 15 is 0 Å². The van der Waals surface area contributed by atoms with Gasteiger partial charge in [-0.25, -0.2) is 4.79 Å². The first kappa shape index (κ1) is 18.9. The van der Waals surface area contributed by atoms with E-state index in [-0.39, 0.29) is 17.9 Å². The number of hydrogen-bond donors (Lipinski definition) is 1. The summed E-state index contributed by atoms with van der Waals surface area (Å²) in [4.78, 5) is 26.7. The third-order valence-electron chi connectivity index (χ3n) is 3.72. The van der Waals surface area contributed by atoms with Crippen LogP contribution in [0.2, 0.25) is 0 Å². The summed E-state index contributed by atoms with van der Waals surface area (Å²) in [5.74, 6) is -0.531. The second kappa shape index (κ2) is 9.15. The van der Waals surface area contributed by atoms with E-state index in [4.69, 9.17) is 0 Å². The molecule has 0 radical (unpaired) electrons. The SMILES string of the molecule is COC(=O)c1ccc(/C=C/C(=O)NCC(c2cccs2)N(C)C)cc1. The minimum absolute atomic E-state index is 0.150. The molecule has 0 saturated heterocycles. The third-order valence-corrected chi connectivity index (χ3v) is 4.70. The van der Waals surface area contributed by atoms with Crippen LogP contribution in [0.25, 0.3) is 6.08 Å². The lowest BCUT2D eigenvalue weighted by Gasteiger charge is -2.23. The Hall–Kier alpha value is -2.44. The van der Waals surface area contributed by atoms with E-state index in [0.29, 0.717) is 12.1 Å². The van der Waals surface area contributed by atoms with Crippen molar-refractivity contribution in [1.82, 2.24) is 10.2 Å². The zero-order valence-corrected chi connectivity index (χ0v) is 15.4. The average Bonchev–Trinajstić information content (AvgIpc) is 3.14. The van der Waals surface area contributed by atoms with Gasteiger partial charge in [0.1, 0.15) is 0 Å². The number of thiophene rings is 1. The monoisotopic (exact) mass is 358 g/mol. The number of benzene rings is 1. The van der Waals surface area contributed by atoms with Gasteiger partial charge in [0.05, 0.1) is 18.7 Å². The minimum atomic E-state index is -0.378. The maximum Gasteiger partial charge on any atom is 0.337 e. The topological polar surface area (TPSA) is 58.6 Å². The van der Waals surface area contributed by atoms with Gasteiger partial charge in [0, 0.05) is 17.5 Å². The molecule has 1 atom stereocenters. The Morgan fingerprint density at radius 1 is 1.24 bits per heavy atom. The average molecular weight is 358 g/mol. The zero-order valence-electron chi connectivity index (χ0n) is 14.6. The summed E-state index contributed by atoms with van der Waals surface area (Å²) >= 11 is 1.68. The smallest absolute Gasteiger partial charge is 0.337 e. The fourth-order valence-electron chi connectivity index (χ4n) is 2.29. The molecule has 0 aliphatic rings. The number of amides is 1. The van der Waals surface area contributed by atoms with Crippen LogP contribution in [-0.2, 0) is 9.53 Å². The van der Waals surface area contributed by atoms with Crippen molar-refractivity contribution in [2.45, 2.75) is 6.04 Å². The summed E-state index contributed by atoms with van der Waals surface area (Å²) < 4.78 is 4.65. The van der Waals surface area contributed by atoms with E-state index in [2.05, 4.69) is 21.0 Å². The standard InChI is InChI=1S/C19H22N2O3S/c1-21(2)16(17-5-4-12-25-17)13-20-18(22)11-8-14-6-9-15(10-7-14)19(23)24-3/h4-12,16H,13H2,1-3H3,(H,20,22)/b11-8+. The van der Waals surface area contributed by atoms with Gasteiger partial charge in [0.2, 0.25) is 5.91 Å². The van der Waals surface area contributed by atoms with Gasteiger partial charge in [-0.15, -0.1) is 11.3 Å². The van der Waals surface area contributed by atoms with Crippen molar-refractivity contribution in [1.29, 1.82) is 0 Å². The maximum absolute atomic E-state index is 12.0. The van der Waals surface area contributed by atoms with Gasteiger partial charge in [-0.05, 0) is 49.3 Å². The maximum atomic E-state index is 12.0. The van der Waals surface area contributed by atoms with Gasteiger partial charge >= 0.3 is 5.97 Å². The summed E-state index contributed by atoms with van der Waals surface area (Å²) in [6, 6.07) is 11.1. The van der Waals surface area contributed by atoms with Crippen molar-refractivity contribution in [2.75, 3.05) is 27.7 Å². The van der Waals surface area contributed by atoms with Crippen LogP contribution >= 0.6 is 11.3 Å². The highest BCUT2D eigenvalue weighted by Crippen LogP contribution is 2.22. The van der Waals surface area contributed by atoms with Gasteiger partial charge in [0.15, 0.2) is 0 Å². The molecule has 25 heavy (non-hydrogen) atoms. The molecule has 0 bridgehead atoms. The Morgan fingerprint density at radius 3 is 2.52 bits per heavy atom. The Bertz CT molecular complexity index is 722. The van der Waals surface area contributed by atoms with Crippen molar-refractivity contribution >= 4 is 29.3 Å². The summed E-state index contributed by atoms with van der Waals surface area (Å²) in [5, 5.41) is 4.96. The number of hydrogen-bond acceptors (Lipinski definition) is 5. The molecular formula is C19H22N2O3S. The molecule has 2 aromatic rings. The Labute approximate surface area is 151 Å². The second-order valence-corrected chi connectivity index (χ2v) is 6.67. The summed E-state index contributed by atoms with van der Waals surface area (Å²) in [6.45, 7) is 0.540. The molecule has 6 heteroatoms. The van der Waals surface area contributed by atoms with Crippen LogP contribution in [0.15, 0.2) is 47.9 Å². The van der Waals surface area contributed by atoms with E-state index in [0.717, 1.165) is 5.56 Å². The summed E-state index contributed by atoms with van der Waals surface area (Å²) in [7, 11) is 5.34. The predicted molar refractivity (Wildman–Crippen MR) is 101 cm³/mol. The number of likely N-dealkylation sites (N-methyl/N-ethyl adjacent to an activating group) is 1. The van der Waals surface area contributed by atoms with Crippen LogP contribution in [0.4, 0.5) is 0 Å². The molecule has 132 valence electrons. The van der Waals surface area contributed by atoms with Crippen LogP contribution in [0, 0.1) is 0 Å². The number of nitrogens with one attached hydrogen (secondary N) is 1. The lowest BCUT2D eigenvalue weighted by atomic mass is 10.1. The number of methoxy groups -OCH3 is 1. The van der Waals surface area contributed by atoms with E-state index < -0.39 is 0 Å². The molecule has 1 amide bonds. The van der Waals surface area contributed by atoms with Crippen LogP contribution in [-0.4, -0.2) is 44.5 Å². The zero-order chi connectivity index (χ0) is 18.2. The molecule has 0 aliphatic carbocycles. The van der Waals surface area contributed by atoms with Crippen molar-refractivity contribution in [3.8, 4) is 0 Å². The van der Waals surface area contributed by atoms with Gasteiger partial charge < -0.3 is 15.0 Å². The molecule has 0 fully saturated rings. The first-order valence-corrected chi connectivity index (χ1v) is 8.73. The lowest BCUT2D eigenvalue weighted by Crippen LogP contribution is -2.33. The second-order valence-electron chi connectivity index (χ2n) is 5.69. The van der Waals surface area contributed by atoms with Crippen LogP contribution in [0.1, 0.15) is 26.8 Å². The summed E-state index contributed by atoms with van der Waals surface area (Å²) in [5.41, 5.74) is 1.32. The van der Waals surface area contributed by atoms with E-state index in [9.17, 15) is 9.59 Å². The molecule has 1 aromatic carbocycles. The summed E-state index contributed by atoms with van der Waals surface area (Å²) in [6.07, 6.45) is 3.21. The fraction of sp³-hybridized carbons (Fsp3) is 0.263. The number of nitrogens with zero attached hydrogens (tertiary/aromatic N) is 1. The largest absolute Gasteiger partial charge is 0.465 e. The molecule has 1 N–H and O–H groups in total. The fourth-order valence-corrected chi connectivity index (χ4v) is 3.22. The van der Waals surface area contributed by atoms with Crippen molar-refractivity contribution in [3.63, 3.8) is 0 Å². The van der Waals surface area contributed by atoms with E-state index in [1.165, 1.54) is 18.1 Å². The highest BCUT2D eigenvalue weighted by molar-refractivity contribution is 7.10. The first-order valence-electron chi connectivity index (χ1n) is 7.85. The van der Waals surface area contributed by atoms with Gasteiger partial charge in [0.25, 0.3) is 0 Å². The molecular weight excluding hydrogens is 336 g/mol. The van der Waals surface area contributed by atoms with Gasteiger partial charge in [-0.3, -0.25) is 4.79 Å².